The first-order chi connectivity index (χ1) is 14.7. The first kappa shape index (κ1) is 17.9. The lowest BCUT2D eigenvalue weighted by molar-refractivity contribution is 0.103. The minimum atomic E-state index is -0.318. The molecule has 5 nitrogen and oxygen atoms in total. The fourth-order valence-corrected chi connectivity index (χ4v) is 3.51. The topological polar surface area (TPSA) is 60.2 Å². The Bertz CT molecular complexity index is 1350. The van der Waals surface area contributed by atoms with E-state index in [0.717, 1.165) is 22.2 Å². The van der Waals surface area contributed by atoms with Crippen molar-refractivity contribution in [1.29, 1.82) is 0 Å². The third-order valence-electron chi connectivity index (χ3n) is 4.92. The Morgan fingerprint density at radius 3 is 2.13 bits per heavy atom. The second kappa shape index (κ2) is 7.33. The van der Waals surface area contributed by atoms with E-state index >= 15 is 0 Å². The van der Waals surface area contributed by atoms with Gasteiger partial charge < -0.3 is 0 Å². The van der Waals surface area contributed by atoms with Gasteiger partial charge in [-0.2, -0.15) is 5.10 Å². The van der Waals surface area contributed by atoms with Crippen LogP contribution >= 0.6 is 0 Å². The Kier molecular flexibility index (Phi) is 4.37. The molecule has 0 aliphatic rings. The minimum Gasteiger partial charge on any atom is -0.287 e. The monoisotopic (exact) mass is 394 g/mol. The van der Waals surface area contributed by atoms with Crippen molar-refractivity contribution in [2.75, 3.05) is 0 Å². The van der Waals surface area contributed by atoms with Crippen LogP contribution in [0.4, 0.5) is 4.39 Å². The molecular weight excluding hydrogens is 379 g/mol. The lowest BCUT2D eigenvalue weighted by atomic mass is 10.0. The highest BCUT2D eigenvalue weighted by molar-refractivity contribution is 6.08. The zero-order valence-corrected chi connectivity index (χ0v) is 15.7. The molecule has 0 aliphatic heterocycles. The summed E-state index contributed by atoms with van der Waals surface area (Å²) in [5, 5.41) is 4.77. The van der Waals surface area contributed by atoms with Crippen LogP contribution < -0.4 is 0 Å². The Morgan fingerprint density at radius 2 is 1.43 bits per heavy atom. The van der Waals surface area contributed by atoms with E-state index in [-0.39, 0.29) is 11.6 Å². The number of pyridine rings is 3. The van der Waals surface area contributed by atoms with Crippen molar-refractivity contribution in [1.82, 2.24) is 19.6 Å². The number of ketones is 1. The Hall–Kier alpha value is -4.19. The highest BCUT2D eigenvalue weighted by atomic mass is 19.1. The first-order valence-electron chi connectivity index (χ1n) is 9.35. The Labute approximate surface area is 171 Å². The number of hydrogen-bond acceptors (Lipinski definition) is 4. The molecule has 0 unspecified atom stereocenters. The number of carbonyl (C=O) groups is 1. The summed E-state index contributed by atoms with van der Waals surface area (Å²) in [5.74, 6) is -0.473. The molecule has 0 radical (unpaired) electrons. The number of hydrogen-bond donors (Lipinski definition) is 0. The van der Waals surface area contributed by atoms with Crippen LogP contribution in [0.1, 0.15) is 16.1 Å². The molecule has 0 saturated carbocycles. The van der Waals surface area contributed by atoms with E-state index < -0.39 is 0 Å². The van der Waals surface area contributed by atoms with Gasteiger partial charge in [0, 0.05) is 41.5 Å². The van der Waals surface area contributed by atoms with Crippen LogP contribution in [-0.4, -0.2) is 25.4 Å². The van der Waals surface area contributed by atoms with Crippen LogP contribution in [0, 0.1) is 5.82 Å². The van der Waals surface area contributed by atoms with Gasteiger partial charge in [-0.05, 0) is 66.2 Å². The van der Waals surface area contributed by atoms with Crippen LogP contribution in [0.3, 0.4) is 0 Å². The van der Waals surface area contributed by atoms with Crippen molar-refractivity contribution < 1.29 is 9.18 Å². The number of fused-ring (bicyclic) bond motifs is 1. The van der Waals surface area contributed by atoms with Gasteiger partial charge in [-0.1, -0.05) is 6.07 Å². The van der Waals surface area contributed by atoms with E-state index in [2.05, 4.69) is 9.97 Å². The maximum Gasteiger partial charge on any atom is 0.211 e. The highest BCUT2D eigenvalue weighted by Gasteiger charge is 2.21. The number of nitrogens with zero attached hydrogens (tertiary/aromatic N) is 4. The number of benzene rings is 1. The quantitative estimate of drug-likeness (QED) is 0.410. The maximum absolute atomic E-state index is 13.5. The summed E-state index contributed by atoms with van der Waals surface area (Å²) >= 11 is 0. The second-order valence-corrected chi connectivity index (χ2v) is 6.74. The van der Waals surface area contributed by atoms with Gasteiger partial charge >= 0.3 is 0 Å². The third-order valence-corrected chi connectivity index (χ3v) is 4.92. The highest BCUT2D eigenvalue weighted by Crippen LogP contribution is 2.35. The fourth-order valence-electron chi connectivity index (χ4n) is 3.51. The normalized spacial score (nSPS) is 11.0. The van der Waals surface area contributed by atoms with Gasteiger partial charge in [0.25, 0.3) is 0 Å². The molecule has 6 heteroatoms. The number of halogens is 1. The Morgan fingerprint density at radius 1 is 0.767 bits per heavy atom. The summed E-state index contributed by atoms with van der Waals surface area (Å²) < 4.78 is 15.2. The van der Waals surface area contributed by atoms with Crippen LogP contribution in [0.2, 0.25) is 0 Å². The van der Waals surface area contributed by atoms with Crippen molar-refractivity contribution in [3.05, 3.63) is 109 Å². The largest absolute Gasteiger partial charge is 0.287 e. The van der Waals surface area contributed by atoms with Crippen LogP contribution in [0.5, 0.6) is 0 Å². The average molecular weight is 394 g/mol. The molecule has 0 N–H and O–H groups in total. The predicted octanol–water partition coefficient (Wildman–Crippen LogP) is 4.83. The van der Waals surface area contributed by atoms with Crippen molar-refractivity contribution in [2.45, 2.75) is 0 Å². The van der Waals surface area contributed by atoms with E-state index in [1.54, 1.807) is 59.6 Å². The molecule has 0 bridgehead atoms. The third kappa shape index (κ3) is 3.04. The molecule has 0 aliphatic carbocycles. The average Bonchev–Trinajstić information content (AvgIpc) is 3.20. The van der Waals surface area contributed by atoms with Crippen LogP contribution in [-0.2, 0) is 0 Å². The van der Waals surface area contributed by atoms with Gasteiger partial charge in [-0.25, -0.2) is 8.91 Å². The van der Waals surface area contributed by atoms with Crippen molar-refractivity contribution in [3.8, 4) is 22.4 Å². The molecule has 0 fully saturated rings. The number of aromatic nitrogens is 4. The van der Waals surface area contributed by atoms with Crippen LogP contribution in [0.15, 0.2) is 91.5 Å². The summed E-state index contributed by atoms with van der Waals surface area (Å²) in [5.41, 5.74) is 4.93. The van der Waals surface area contributed by atoms with Crippen molar-refractivity contribution in [2.24, 2.45) is 0 Å². The van der Waals surface area contributed by atoms with E-state index in [9.17, 15) is 9.18 Å². The summed E-state index contributed by atoms with van der Waals surface area (Å²) in [6.45, 7) is 0. The smallest absolute Gasteiger partial charge is 0.211 e. The molecule has 30 heavy (non-hydrogen) atoms. The van der Waals surface area contributed by atoms with Gasteiger partial charge in [0.2, 0.25) is 5.78 Å². The number of rotatable bonds is 4. The van der Waals surface area contributed by atoms with Gasteiger partial charge in [0.15, 0.2) is 0 Å². The zero-order valence-electron chi connectivity index (χ0n) is 15.7. The summed E-state index contributed by atoms with van der Waals surface area (Å²) in [4.78, 5) is 21.2. The summed E-state index contributed by atoms with van der Waals surface area (Å²) in [6.07, 6.45) is 6.59. The van der Waals surface area contributed by atoms with Crippen LogP contribution in [0.25, 0.3) is 27.9 Å². The van der Waals surface area contributed by atoms with Gasteiger partial charge in [0.1, 0.15) is 17.2 Å². The van der Waals surface area contributed by atoms with Gasteiger partial charge in [-0.15, -0.1) is 0 Å². The zero-order chi connectivity index (χ0) is 20.5. The molecule has 0 spiro atoms. The summed E-state index contributed by atoms with van der Waals surface area (Å²) in [7, 11) is 0. The molecule has 1 aromatic carbocycles. The van der Waals surface area contributed by atoms with Gasteiger partial charge in [0.05, 0.1) is 5.52 Å². The van der Waals surface area contributed by atoms with E-state index in [0.29, 0.717) is 17.0 Å². The predicted molar refractivity (Wildman–Crippen MR) is 111 cm³/mol. The molecule has 4 heterocycles. The molecule has 0 amide bonds. The van der Waals surface area contributed by atoms with Crippen molar-refractivity contribution >= 4 is 11.3 Å². The second-order valence-electron chi connectivity index (χ2n) is 6.74. The molecule has 5 aromatic rings. The fraction of sp³-hybridized carbons (Fsp3) is 0. The molecule has 4 aromatic heterocycles. The maximum atomic E-state index is 13.5. The van der Waals surface area contributed by atoms with E-state index in [1.807, 2.05) is 24.3 Å². The Balaban J connectivity index is 1.79. The lowest BCUT2D eigenvalue weighted by Gasteiger charge is -2.05. The minimum absolute atomic E-state index is 0.155. The SMILES string of the molecule is O=C(c1ccncc1)c1cccc2c(-c3ccncc3)c(-c3ccc(F)cc3)nn12. The number of carbonyl (C=O) groups excluding carboxylic acids is 1. The van der Waals surface area contributed by atoms with Crippen molar-refractivity contribution in [3.63, 3.8) is 0 Å². The first-order valence-corrected chi connectivity index (χ1v) is 9.35. The lowest BCUT2D eigenvalue weighted by Crippen LogP contribution is -2.08. The molecule has 0 atom stereocenters. The van der Waals surface area contributed by atoms with E-state index in [1.165, 1.54) is 12.1 Å². The molecule has 0 saturated heterocycles. The van der Waals surface area contributed by atoms with E-state index in [4.69, 9.17) is 5.10 Å². The molecular formula is C24H15FN4O. The standard InChI is InChI=1S/C24H15FN4O/c25-19-6-4-17(5-7-19)23-22(16-8-12-26-13-9-16)20-2-1-3-21(29(20)28-23)24(30)18-10-14-27-15-11-18/h1-15H. The molecule has 144 valence electrons. The van der Waals surface area contributed by atoms with Gasteiger partial charge in [-0.3, -0.25) is 14.8 Å². The summed E-state index contributed by atoms with van der Waals surface area (Å²) in [6, 6.07) is 18.8. The molecule has 5 rings (SSSR count).